The van der Waals surface area contributed by atoms with Gasteiger partial charge in [0.1, 0.15) is 41.4 Å². The number of rotatable bonds is 6. The molecule has 9 nitrogen and oxygen atoms in total. The van der Waals surface area contributed by atoms with Gasteiger partial charge in [-0.2, -0.15) is 9.97 Å². The fraction of sp³-hybridized carbons (Fsp3) is 0.514. The summed E-state index contributed by atoms with van der Waals surface area (Å²) in [6.07, 6.45) is 4.94. The molecule has 47 heavy (non-hydrogen) atoms. The average Bonchev–Trinajstić information content (AvgIpc) is 3.75. The number of hydrogen-bond donors (Lipinski definition) is 1. The molecule has 5 aliphatic rings. The second-order valence-corrected chi connectivity index (χ2v) is 13.9. The standard InChI is InChI=1S/C35H36F3N5O4/c1-2-23-26(37)5-4-20-12-22(44)13-24(27(20)23)29-28(38)30-25(15-39-29)31(42-17-33(18-42)7-8-35(33)46-10-11-47-35)41-32(40-30)45-19-34-6-3-9-43(34)16-21(36)14-34/h4-5,12-13,15,21,44H,2-3,6-11,14,16-19H2,1H3/t21-,34?/m1/s1. The lowest BCUT2D eigenvalue weighted by Gasteiger charge is -2.64. The molecular weight excluding hydrogens is 611 g/mol. The Labute approximate surface area is 269 Å². The number of alkyl halides is 1. The number of anilines is 1. The van der Waals surface area contributed by atoms with Crippen LogP contribution in [0.3, 0.4) is 0 Å². The second kappa shape index (κ2) is 10.4. The third-order valence-corrected chi connectivity index (χ3v) is 11.4. The van der Waals surface area contributed by atoms with Crippen LogP contribution >= 0.6 is 0 Å². The van der Waals surface area contributed by atoms with Crippen LogP contribution in [-0.2, 0) is 15.9 Å². The van der Waals surface area contributed by atoms with Gasteiger partial charge in [-0.25, -0.2) is 13.2 Å². The highest BCUT2D eigenvalue weighted by molar-refractivity contribution is 6.01. The number of aryl methyl sites for hydroxylation is 1. The van der Waals surface area contributed by atoms with E-state index in [1.165, 1.54) is 18.2 Å². The third kappa shape index (κ3) is 4.23. The van der Waals surface area contributed by atoms with E-state index in [0.29, 0.717) is 73.2 Å². The number of phenolic OH excluding ortho intramolecular Hbond substituents is 1. The van der Waals surface area contributed by atoms with E-state index in [-0.39, 0.29) is 40.6 Å². The van der Waals surface area contributed by atoms with Gasteiger partial charge in [0.25, 0.3) is 0 Å². The summed E-state index contributed by atoms with van der Waals surface area (Å²) in [4.78, 5) is 18.1. The molecule has 12 heteroatoms. The highest BCUT2D eigenvalue weighted by Gasteiger charge is 2.68. The van der Waals surface area contributed by atoms with Gasteiger partial charge >= 0.3 is 6.01 Å². The Hall–Kier alpha value is -3.74. The van der Waals surface area contributed by atoms with E-state index in [9.17, 15) is 13.9 Å². The van der Waals surface area contributed by atoms with Crippen molar-refractivity contribution in [2.75, 3.05) is 50.9 Å². The molecular formula is C35H36F3N5O4. The Bertz CT molecular complexity index is 1930. The van der Waals surface area contributed by atoms with E-state index in [2.05, 4.69) is 19.8 Å². The molecule has 0 amide bonds. The Morgan fingerprint density at radius 1 is 1.09 bits per heavy atom. The van der Waals surface area contributed by atoms with Crippen molar-refractivity contribution in [2.45, 2.75) is 62.9 Å². The summed E-state index contributed by atoms with van der Waals surface area (Å²) < 4.78 is 64.8. The quantitative estimate of drug-likeness (QED) is 0.283. The van der Waals surface area contributed by atoms with Crippen LogP contribution in [-0.4, -0.2) is 88.5 Å². The molecule has 6 heterocycles. The van der Waals surface area contributed by atoms with Gasteiger partial charge in [0.05, 0.1) is 29.6 Å². The van der Waals surface area contributed by atoms with Gasteiger partial charge < -0.3 is 24.2 Å². The normalized spacial score (nSPS) is 26.0. The molecule has 1 saturated carbocycles. The lowest BCUT2D eigenvalue weighted by atomic mass is 9.58. The zero-order valence-electron chi connectivity index (χ0n) is 26.2. The zero-order chi connectivity index (χ0) is 32.1. The van der Waals surface area contributed by atoms with Crippen molar-refractivity contribution in [1.29, 1.82) is 0 Å². The summed E-state index contributed by atoms with van der Waals surface area (Å²) in [5.41, 5.74) is 0.0282. The fourth-order valence-corrected chi connectivity index (χ4v) is 9.02. The smallest absolute Gasteiger partial charge is 0.319 e. The summed E-state index contributed by atoms with van der Waals surface area (Å²) in [5.74, 6) is -1.31. The highest BCUT2D eigenvalue weighted by Crippen LogP contribution is 2.60. The summed E-state index contributed by atoms with van der Waals surface area (Å²) in [7, 11) is 0. The minimum Gasteiger partial charge on any atom is -0.508 e. The van der Waals surface area contributed by atoms with Gasteiger partial charge in [-0.3, -0.25) is 9.88 Å². The zero-order valence-corrected chi connectivity index (χ0v) is 26.2. The Morgan fingerprint density at radius 3 is 2.68 bits per heavy atom. The maximum absolute atomic E-state index is 16.9. The van der Waals surface area contributed by atoms with E-state index in [1.807, 2.05) is 6.92 Å². The van der Waals surface area contributed by atoms with E-state index in [4.69, 9.17) is 19.2 Å². The van der Waals surface area contributed by atoms with Crippen molar-refractivity contribution in [3.8, 4) is 23.0 Å². The van der Waals surface area contributed by atoms with Crippen LogP contribution in [0.2, 0.25) is 0 Å². The Balaban J connectivity index is 1.15. The fourth-order valence-electron chi connectivity index (χ4n) is 9.02. The molecule has 4 aliphatic heterocycles. The van der Waals surface area contributed by atoms with E-state index >= 15 is 4.39 Å². The van der Waals surface area contributed by atoms with E-state index < -0.39 is 29.1 Å². The van der Waals surface area contributed by atoms with Crippen molar-refractivity contribution in [3.63, 3.8) is 0 Å². The van der Waals surface area contributed by atoms with Gasteiger partial charge in [0, 0.05) is 44.2 Å². The molecule has 2 atom stereocenters. The van der Waals surface area contributed by atoms with Crippen LogP contribution in [0.15, 0.2) is 30.5 Å². The van der Waals surface area contributed by atoms with Gasteiger partial charge in [-0.1, -0.05) is 13.0 Å². The van der Waals surface area contributed by atoms with Crippen molar-refractivity contribution >= 4 is 27.5 Å². The predicted octanol–water partition coefficient (Wildman–Crippen LogP) is 5.69. The number of halogens is 3. The monoisotopic (exact) mass is 647 g/mol. The van der Waals surface area contributed by atoms with Gasteiger partial charge in [-0.05, 0) is 66.8 Å². The molecule has 4 aromatic rings. The number of ether oxygens (including phenoxy) is 3. The molecule has 5 fully saturated rings. The number of aromatic nitrogens is 3. The van der Waals surface area contributed by atoms with Crippen LogP contribution in [0.25, 0.3) is 32.9 Å². The topological polar surface area (TPSA) is 93.1 Å². The summed E-state index contributed by atoms with van der Waals surface area (Å²) in [6.45, 7) is 5.59. The first-order valence-corrected chi connectivity index (χ1v) is 16.6. The predicted molar refractivity (Wildman–Crippen MR) is 168 cm³/mol. The number of phenols is 1. The molecule has 2 spiro atoms. The van der Waals surface area contributed by atoms with Crippen molar-refractivity contribution in [2.24, 2.45) is 5.41 Å². The first-order chi connectivity index (χ1) is 22.7. The molecule has 1 N–H and O–H groups in total. The average molecular weight is 648 g/mol. The number of fused-ring (bicyclic) bond motifs is 4. The number of aromatic hydroxyl groups is 1. The molecule has 1 aliphatic carbocycles. The number of hydrogen-bond acceptors (Lipinski definition) is 9. The molecule has 1 unspecified atom stereocenters. The van der Waals surface area contributed by atoms with E-state index in [0.717, 1.165) is 32.2 Å². The number of pyridine rings is 1. The van der Waals surface area contributed by atoms with Gasteiger partial charge in [0.2, 0.25) is 0 Å². The lowest BCUT2D eigenvalue weighted by Crippen LogP contribution is -2.74. The molecule has 2 aromatic heterocycles. The highest BCUT2D eigenvalue weighted by atomic mass is 19.1. The largest absolute Gasteiger partial charge is 0.508 e. The van der Waals surface area contributed by atoms with Crippen LogP contribution in [0, 0.1) is 17.0 Å². The minimum atomic E-state index is -0.917. The maximum atomic E-state index is 16.9. The second-order valence-electron chi connectivity index (χ2n) is 13.9. The van der Waals surface area contributed by atoms with Crippen molar-refractivity contribution in [1.82, 2.24) is 19.9 Å². The summed E-state index contributed by atoms with van der Waals surface area (Å²) >= 11 is 0. The summed E-state index contributed by atoms with van der Waals surface area (Å²) in [5, 5.41) is 12.1. The SMILES string of the molecule is CCc1c(F)ccc2cc(O)cc(-c3ncc4c(N5CC6(CCC67OCCO7)C5)nc(OCC56CCCN5C[C@H](F)C6)nc4c3F)c12. The van der Waals surface area contributed by atoms with Crippen LogP contribution < -0.4 is 9.64 Å². The van der Waals surface area contributed by atoms with E-state index in [1.54, 1.807) is 12.3 Å². The molecule has 246 valence electrons. The van der Waals surface area contributed by atoms with Crippen molar-refractivity contribution in [3.05, 3.63) is 47.7 Å². The van der Waals surface area contributed by atoms with Gasteiger partial charge in [-0.15, -0.1) is 0 Å². The Morgan fingerprint density at radius 2 is 1.91 bits per heavy atom. The maximum Gasteiger partial charge on any atom is 0.319 e. The molecule has 4 saturated heterocycles. The number of benzene rings is 2. The van der Waals surface area contributed by atoms with Gasteiger partial charge in [0.15, 0.2) is 11.6 Å². The minimum absolute atomic E-state index is 0.00535. The molecule has 0 radical (unpaired) electrons. The first-order valence-electron chi connectivity index (χ1n) is 16.6. The van der Waals surface area contributed by atoms with Crippen LogP contribution in [0.4, 0.5) is 19.0 Å². The van der Waals surface area contributed by atoms with Crippen LogP contribution in [0.1, 0.15) is 44.6 Å². The number of nitrogens with zero attached hydrogens (tertiary/aromatic N) is 5. The molecule has 2 aromatic carbocycles. The van der Waals surface area contributed by atoms with Crippen LogP contribution in [0.5, 0.6) is 11.8 Å². The third-order valence-electron chi connectivity index (χ3n) is 11.4. The Kier molecular flexibility index (Phi) is 6.49. The lowest BCUT2D eigenvalue weighted by molar-refractivity contribution is -0.305. The molecule has 0 bridgehead atoms. The first kappa shape index (κ1) is 29.4. The van der Waals surface area contributed by atoms with Crippen molar-refractivity contribution < 1.29 is 32.5 Å². The molecule has 9 rings (SSSR count). The summed E-state index contributed by atoms with van der Waals surface area (Å²) in [6, 6.07) is 5.87.